The van der Waals surface area contributed by atoms with Crippen LogP contribution in [-0.2, 0) is 0 Å². The van der Waals surface area contributed by atoms with E-state index in [-0.39, 0.29) is 0 Å². The van der Waals surface area contributed by atoms with Crippen molar-refractivity contribution in [2.75, 3.05) is 7.11 Å². The summed E-state index contributed by atoms with van der Waals surface area (Å²) in [6.07, 6.45) is 0. The molecule has 0 spiro atoms. The van der Waals surface area contributed by atoms with Crippen LogP contribution in [0.5, 0.6) is 5.75 Å². The van der Waals surface area contributed by atoms with Crippen LogP contribution in [-0.4, -0.2) is 14.1 Å². The van der Waals surface area contributed by atoms with E-state index >= 15 is 0 Å². The van der Waals surface area contributed by atoms with E-state index in [0.717, 1.165) is 0 Å². The van der Waals surface area contributed by atoms with Gasteiger partial charge in [0.1, 0.15) is 5.75 Å². The van der Waals surface area contributed by atoms with Crippen LogP contribution in [0.4, 0.5) is 12.9 Å². The first kappa shape index (κ1) is 10.5. The molecule has 0 unspecified atom stereocenters. The summed E-state index contributed by atoms with van der Waals surface area (Å²) in [6, 6.07) is 6.09. The molecule has 14 heavy (non-hydrogen) atoms. The predicted molar refractivity (Wildman–Crippen MR) is 49.0 cm³/mol. The number of benzene rings is 1. The highest BCUT2D eigenvalue weighted by atomic mass is 19.4. The molecule has 0 amide bonds. The van der Waals surface area contributed by atoms with Crippen LogP contribution in [0.1, 0.15) is 5.56 Å². The van der Waals surface area contributed by atoms with E-state index in [1.165, 1.54) is 25.1 Å². The lowest BCUT2D eigenvalue weighted by Crippen LogP contribution is -2.10. The number of rotatable bonds is 1. The van der Waals surface area contributed by atoms with Gasteiger partial charge in [0.2, 0.25) is 0 Å². The van der Waals surface area contributed by atoms with Gasteiger partial charge in [-0.25, -0.2) is 0 Å². The fourth-order valence-corrected chi connectivity index (χ4v) is 0.840. The van der Waals surface area contributed by atoms with E-state index in [4.69, 9.17) is 4.74 Å². The smallest absolute Gasteiger partial charge is 0.497 e. The molecule has 0 saturated heterocycles. The van der Waals surface area contributed by atoms with Crippen LogP contribution in [0.3, 0.4) is 0 Å². The van der Waals surface area contributed by atoms with Crippen molar-refractivity contribution < 1.29 is 17.7 Å². The molecule has 1 aromatic carbocycles. The minimum atomic E-state index is -5.03. The Kier molecular flexibility index (Phi) is 3.08. The highest BCUT2D eigenvalue weighted by molar-refractivity contribution is 6.67. The predicted octanol–water partition coefficient (Wildman–Crippen LogP) is 2.43. The molecule has 0 fully saturated rings. The van der Waals surface area contributed by atoms with Crippen molar-refractivity contribution in [3.05, 3.63) is 29.8 Å². The second-order valence-corrected chi connectivity index (χ2v) is 2.57. The third-order valence-electron chi connectivity index (χ3n) is 1.47. The number of hydrogen-bond donors (Lipinski definition) is 0. The van der Waals surface area contributed by atoms with E-state index in [1.807, 2.05) is 5.92 Å². The van der Waals surface area contributed by atoms with Gasteiger partial charge in [-0.3, -0.25) is 0 Å². The van der Waals surface area contributed by atoms with Gasteiger partial charge in [-0.05, 0) is 24.3 Å². The normalized spacial score (nSPS) is 10.3. The molecule has 0 heterocycles. The zero-order chi connectivity index (χ0) is 10.6. The first-order valence-electron chi connectivity index (χ1n) is 3.88. The lowest BCUT2D eigenvalue weighted by Gasteiger charge is -2.02. The van der Waals surface area contributed by atoms with Gasteiger partial charge in [-0.2, -0.15) is 5.82 Å². The molecule has 5 heteroatoms. The minimum absolute atomic E-state index is 0.324. The van der Waals surface area contributed by atoms with E-state index in [1.54, 1.807) is 12.1 Å². The second-order valence-electron chi connectivity index (χ2n) is 2.57. The van der Waals surface area contributed by atoms with Crippen LogP contribution in [0.2, 0.25) is 0 Å². The van der Waals surface area contributed by atoms with Crippen molar-refractivity contribution in [1.29, 1.82) is 0 Å². The van der Waals surface area contributed by atoms with Crippen LogP contribution in [0.15, 0.2) is 24.3 Å². The van der Waals surface area contributed by atoms with Gasteiger partial charge < -0.3 is 17.7 Å². The maximum absolute atomic E-state index is 11.8. The summed E-state index contributed by atoms with van der Waals surface area (Å²) in [5, 5.41) is 0. The summed E-state index contributed by atoms with van der Waals surface area (Å²) >= 11 is 0. The van der Waals surface area contributed by atoms with Gasteiger partial charge in [-0.15, -0.1) is 5.92 Å². The van der Waals surface area contributed by atoms with Gasteiger partial charge >= 0.3 is 6.98 Å². The maximum Gasteiger partial charge on any atom is 0.558 e. The summed E-state index contributed by atoms with van der Waals surface area (Å²) in [5.41, 5.74) is 0.324. The third-order valence-corrected chi connectivity index (χ3v) is 1.47. The molecule has 0 atom stereocenters. The van der Waals surface area contributed by atoms with Crippen LogP contribution < -0.4 is 4.74 Å². The highest BCUT2D eigenvalue weighted by Gasteiger charge is 2.17. The average Bonchev–Trinajstić information content (AvgIpc) is 2.14. The van der Waals surface area contributed by atoms with Crippen molar-refractivity contribution >= 4 is 6.98 Å². The molecular weight excluding hydrogens is 192 g/mol. The van der Waals surface area contributed by atoms with Gasteiger partial charge in [0.25, 0.3) is 0 Å². The number of hydrogen-bond acceptors (Lipinski definition) is 1. The summed E-state index contributed by atoms with van der Waals surface area (Å²) in [6.45, 7) is -5.03. The Hall–Kier alpha value is -1.57. The molecule has 0 radical (unpaired) electrons. The Morgan fingerprint density at radius 2 is 1.71 bits per heavy atom. The average molecular weight is 199 g/mol. The summed E-state index contributed by atoms with van der Waals surface area (Å²) in [7, 11) is 1.49. The largest absolute Gasteiger partial charge is 0.558 e. The van der Waals surface area contributed by atoms with Gasteiger partial charge in [0.15, 0.2) is 0 Å². The molecule has 1 nitrogen and oxygen atoms in total. The number of ether oxygens (including phenoxy) is 1. The van der Waals surface area contributed by atoms with Crippen molar-refractivity contribution in [3.63, 3.8) is 0 Å². The Bertz CT molecular complexity index is 358. The summed E-state index contributed by atoms with van der Waals surface area (Å²) in [4.78, 5) is 0. The van der Waals surface area contributed by atoms with Crippen LogP contribution >= 0.6 is 0 Å². The lowest BCUT2D eigenvalue weighted by atomic mass is 9.93. The molecule has 1 aromatic rings. The molecule has 0 aliphatic carbocycles. The molecular formula is C9H7BF3O-. The van der Waals surface area contributed by atoms with Crippen molar-refractivity contribution in [2.24, 2.45) is 0 Å². The van der Waals surface area contributed by atoms with Gasteiger partial charge in [0, 0.05) is 5.56 Å². The van der Waals surface area contributed by atoms with Crippen molar-refractivity contribution in [1.82, 2.24) is 0 Å². The molecule has 0 aliphatic heterocycles. The molecule has 0 saturated carbocycles. The van der Waals surface area contributed by atoms with Gasteiger partial charge in [-0.1, -0.05) is 0 Å². The first-order chi connectivity index (χ1) is 6.51. The van der Waals surface area contributed by atoms with E-state index in [2.05, 4.69) is 0 Å². The van der Waals surface area contributed by atoms with E-state index in [0.29, 0.717) is 11.3 Å². The number of methoxy groups -OCH3 is 1. The van der Waals surface area contributed by atoms with Crippen LogP contribution in [0, 0.1) is 11.7 Å². The van der Waals surface area contributed by atoms with E-state index in [9.17, 15) is 12.9 Å². The number of halogens is 3. The first-order valence-corrected chi connectivity index (χ1v) is 3.88. The maximum atomic E-state index is 11.8. The Morgan fingerprint density at radius 3 is 2.14 bits per heavy atom. The molecule has 0 aliphatic rings. The standard InChI is InChI=1S/C9H7BF3O/c1-14-9-4-2-8(3-5-9)6-7-10(11,12)13/h2-5H,1H3/q-1. The molecule has 74 valence electrons. The molecule has 0 aromatic heterocycles. The Morgan fingerprint density at radius 1 is 1.14 bits per heavy atom. The minimum Gasteiger partial charge on any atom is -0.497 e. The monoisotopic (exact) mass is 199 g/mol. The van der Waals surface area contributed by atoms with Crippen LogP contribution in [0.25, 0.3) is 0 Å². The zero-order valence-corrected chi connectivity index (χ0v) is 7.43. The van der Waals surface area contributed by atoms with Crippen molar-refractivity contribution in [3.8, 4) is 17.5 Å². The molecule has 0 bridgehead atoms. The van der Waals surface area contributed by atoms with Crippen molar-refractivity contribution in [2.45, 2.75) is 0 Å². The Balaban J connectivity index is 2.82. The summed E-state index contributed by atoms with van der Waals surface area (Å²) in [5.74, 6) is 3.87. The fourth-order valence-electron chi connectivity index (χ4n) is 0.840. The van der Waals surface area contributed by atoms with Gasteiger partial charge in [0.05, 0.1) is 7.11 Å². The SMILES string of the molecule is COc1ccc(C#C[B-](F)(F)F)cc1. The topological polar surface area (TPSA) is 9.23 Å². The zero-order valence-electron chi connectivity index (χ0n) is 7.43. The molecule has 0 N–H and O–H groups in total. The lowest BCUT2D eigenvalue weighted by molar-refractivity contribution is 0.415. The third kappa shape index (κ3) is 3.44. The highest BCUT2D eigenvalue weighted by Crippen LogP contribution is 2.11. The fraction of sp³-hybridized carbons (Fsp3) is 0.111. The second kappa shape index (κ2) is 4.10. The molecule has 1 rings (SSSR count). The Labute approximate surface area is 79.9 Å². The summed E-state index contributed by atoms with van der Waals surface area (Å²) < 4.78 is 40.1. The van der Waals surface area contributed by atoms with E-state index < -0.39 is 6.98 Å². The quantitative estimate of drug-likeness (QED) is 0.498.